The number of esters is 1. The molecule has 2 rings (SSSR count). The normalized spacial score (nSPS) is 24.6. The molecule has 122 valence electrons. The molecule has 21 heavy (non-hydrogen) atoms. The molecule has 0 atom stereocenters. The summed E-state index contributed by atoms with van der Waals surface area (Å²) < 4.78 is 5.44. The first-order valence-corrected chi connectivity index (χ1v) is 9.22. The molecule has 2 aliphatic rings. The maximum atomic E-state index is 12.6. The third-order valence-corrected chi connectivity index (χ3v) is 4.93. The fraction of sp³-hybridized carbons (Fsp3) is 0.944. The zero-order valence-corrected chi connectivity index (χ0v) is 13.8. The van der Waals surface area contributed by atoms with Crippen LogP contribution in [-0.4, -0.2) is 24.2 Å². The summed E-state index contributed by atoms with van der Waals surface area (Å²) >= 11 is 0. The highest BCUT2D eigenvalue weighted by Gasteiger charge is 2.42. The molecule has 0 aromatic heterocycles. The van der Waals surface area contributed by atoms with Gasteiger partial charge in [0.1, 0.15) is 5.54 Å². The van der Waals surface area contributed by atoms with Crippen molar-refractivity contribution in [1.29, 1.82) is 0 Å². The van der Waals surface area contributed by atoms with Gasteiger partial charge in [-0.15, -0.1) is 0 Å². The molecule has 2 saturated carbocycles. The van der Waals surface area contributed by atoms with Crippen LogP contribution >= 0.6 is 0 Å². The molecule has 0 saturated heterocycles. The third-order valence-electron chi connectivity index (χ3n) is 4.93. The molecule has 0 heterocycles. The van der Waals surface area contributed by atoms with Crippen molar-refractivity contribution in [2.45, 2.75) is 102 Å². The van der Waals surface area contributed by atoms with Crippen molar-refractivity contribution in [1.82, 2.24) is 5.32 Å². The van der Waals surface area contributed by atoms with Gasteiger partial charge >= 0.3 is 5.97 Å². The highest BCUT2D eigenvalue weighted by atomic mass is 16.5. The Morgan fingerprint density at radius 2 is 1.43 bits per heavy atom. The molecule has 0 aliphatic heterocycles. The summed E-state index contributed by atoms with van der Waals surface area (Å²) in [6, 6.07) is 0.558. The van der Waals surface area contributed by atoms with Gasteiger partial charge in [0.25, 0.3) is 0 Å². The summed E-state index contributed by atoms with van der Waals surface area (Å²) in [5, 5.41) is 3.67. The number of rotatable bonds is 4. The van der Waals surface area contributed by atoms with E-state index in [1.165, 1.54) is 57.8 Å². The molecule has 0 aromatic rings. The van der Waals surface area contributed by atoms with Crippen LogP contribution < -0.4 is 5.32 Å². The molecule has 3 heteroatoms. The van der Waals surface area contributed by atoms with Crippen molar-refractivity contribution < 1.29 is 9.53 Å². The second-order valence-corrected chi connectivity index (χ2v) is 6.90. The van der Waals surface area contributed by atoms with Crippen LogP contribution in [-0.2, 0) is 9.53 Å². The van der Waals surface area contributed by atoms with Crippen molar-refractivity contribution in [3.05, 3.63) is 0 Å². The number of carbonyl (C=O) groups is 1. The van der Waals surface area contributed by atoms with Gasteiger partial charge in [0.15, 0.2) is 0 Å². The summed E-state index contributed by atoms with van der Waals surface area (Å²) in [6.07, 6.45) is 15.9. The van der Waals surface area contributed by atoms with Crippen LogP contribution in [0.4, 0.5) is 0 Å². The predicted octanol–water partition coefficient (Wildman–Crippen LogP) is 4.35. The molecule has 2 fully saturated rings. The maximum Gasteiger partial charge on any atom is 0.326 e. The number of carbonyl (C=O) groups excluding carboxylic acids is 1. The number of ether oxygens (including phenoxy) is 1. The Bertz CT molecular complexity index is 300. The second kappa shape index (κ2) is 8.77. The fourth-order valence-electron chi connectivity index (χ4n) is 3.51. The van der Waals surface area contributed by atoms with Crippen LogP contribution in [0.5, 0.6) is 0 Å². The van der Waals surface area contributed by atoms with Crippen LogP contribution in [0.25, 0.3) is 0 Å². The van der Waals surface area contributed by atoms with Crippen LogP contribution in [0, 0.1) is 0 Å². The molecule has 3 nitrogen and oxygen atoms in total. The van der Waals surface area contributed by atoms with E-state index in [4.69, 9.17) is 4.74 Å². The minimum absolute atomic E-state index is 0.00830. The Hall–Kier alpha value is -0.570. The zero-order chi connectivity index (χ0) is 15.0. The Labute approximate surface area is 130 Å². The van der Waals surface area contributed by atoms with Gasteiger partial charge in [0, 0.05) is 6.04 Å². The van der Waals surface area contributed by atoms with E-state index >= 15 is 0 Å². The Balaban J connectivity index is 2.00. The van der Waals surface area contributed by atoms with E-state index in [9.17, 15) is 4.79 Å². The van der Waals surface area contributed by atoms with Crippen LogP contribution in [0.3, 0.4) is 0 Å². The number of nitrogens with one attached hydrogen (secondary N) is 1. The highest BCUT2D eigenvalue weighted by molar-refractivity contribution is 5.81. The lowest BCUT2D eigenvalue weighted by Gasteiger charge is -2.33. The minimum Gasteiger partial charge on any atom is -0.465 e. The summed E-state index contributed by atoms with van der Waals surface area (Å²) in [5.74, 6) is 0.00830. The Morgan fingerprint density at radius 3 is 1.86 bits per heavy atom. The van der Waals surface area contributed by atoms with Gasteiger partial charge in [-0.1, -0.05) is 57.8 Å². The molecule has 0 radical (unpaired) electrons. The number of hydrogen-bond acceptors (Lipinski definition) is 3. The Morgan fingerprint density at radius 1 is 0.952 bits per heavy atom. The van der Waals surface area contributed by atoms with Gasteiger partial charge < -0.3 is 4.74 Å². The molecule has 0 unspecified atom stereocenters. The van der Waals surface area contributed by atoms with E-state index in [2.05, 4.69) is 5.32 Å². The van der Waals surface area contributed by atoms with Crippen molar-refractivity contribution in [2.24, 2.45) is 0 Å². The molecule has 0 aromatic carbocycles. The van der Waals surface area contributed by atoms with Gasteiger partial charge in [-0.3, -0.25) is 10.1 Å². The van der Waals surface area contributed by atoms with Crippen molar-refractivity contribution >= 4 is 5.97 Å². The lowest BCUT2D eigenvalue weighted by atomic mass is 9.85. The standard InChI is InChI=1S/C18H33NO2/c1-2-21-17(20)18(19-16-12-13-16)14-10-8-6-4-3-5-7-9-11-15-18/h16,19H,2-15H2,1H3. The lowest BCUT2D eigenvalue weighted by Crippen LogP contribution is -2.54. The largest absolute Gasteiger partial charge is 0.465 e. The first kappa shape index (κ1) is 16.8. The van der Waals surface area contributed by atoms with Crippen molar-refractivity contribution in [3.8, 4) is 0 Å². The predicted molar refractivity (Wildman–Crippen MR) is 86.3 cm³/mol. The van der Waals surface area contributed by atoms with Gasteiger partial charge in [-0.05, 0) is 32.6 Å². The summed E-state index contributed by atoms with van der Waals surface area (Å²) in [6.45, 7) is 2.41. The van der Waals surface area contributed by atoms with Crippen molar-refractivity contribution in [2.75, 3.05) is 6.61 Å². The summed E-state index contributed by atoms with van der Waals surface area (Å²) in [5.41, 5.74) is -0.392. The molecular formula is C18H33NO2. The van der Waals surface area contributed by atoms with Gasteiger partial charge in [-0.2, -0.15) is 0 Å². The number of hydrogen-bond donors (Lipinski definition) is 1. The first-order chi connectivity index (χ1) is 10.3. The fourth-order valence-corrected chi connectivity index (χ4v) is 3.51. The minimum atomic E-state index is -0.392. The summed E-state index contributed by atoms with van der Waals surface area (Å²) in [4.78, 5) is 12.6. The molecular weight excluding hydrogens is 262 g/mol. The second-order valence-electron chi connectivity index (χ2n) is 6.90. The molecule has 0 amide bonds. The van der Waals surface area contributed by atoms with Gasteiger partial charge in [0.2, 0.25) is 0 Å². The van der Waals surface area contributed by atoms with E-state index in [1.807, 2.05) is 6.92 Å². The van der Waals surface area contributed by atoms with Crippen LogP contribution in [0.1, 0.15) is 90.4 Å². The van der Waals surface area contributed by atoms with Crippen LogP contribution in [0.2, 0.25) is 0 Å². The smallest absolute Gasteiger partial charge is 0.326 e. The van der Waals surface area contributed by atoms with Crippen LogP contribution in [0.15, 0.2) is 0 Å². The average molecular weight is 295 g/mol. The van der Waals surface area contributed by atoms with E-state index < -0.39 is 5.54 Å². The Kier molecular flexibility index (Phi) is 7.01. The van der Waals surface area contributed by atoms with Crippen molar-refractivity contribution in [3.63, 3.8) is 0 Å². The molecule has 2 aliphatic carbocycles. The van der Waals surface area contributed by atoms with E-state index in [-0.39, 0.29) is 5.97 Å². The van der Waals surface area contributed by atoms with E-state index in [0.29, 0.717) is 12.6 Å². The summed E-state index contributed by atoms with van der Waals surface area (Å²) in [7, 11) is 0. The SMILES string of the molecule is CCOC(=O)C1(NC2CC2)CCCCCCCCCCC1. The molecule has 1 N–H and O–H groups in total. The van der Waals surface area contributed by atoms with Gasteiger partial charge in [0.05, 0.1) is 6.61 Å². The third kappa shape index (κ3) is 5.61. The first-order valence-electron chi connectivity index (χ1n) is 9.22. The maximum absolute atomic E-state index is 12.6. The topological polar surface area (TPSA) is 38.3 Å². The molecule has 0 spiro atoms. The monoisotopic (exact) mass is 295 g/mol. The lowest BCUT2D eigenvalue weighted by molar-refractivity contribution is -0.152. The molecule has 0 bridgehead atoms. The zero-order valence-electron chi connectivity index (χ0n) is 13.8. The van der Waals surface area contributed by atoms with E-state index in [1.54, 1.807) is 0 Å². The highest BCUT2D eigenvalue weighted by Crippen LogP contribution is 2.31. The average Bonchev–Trinajstić information content (AvgIpc) is 3.26. The van der Waals surface area contributed by atoms with Gasteiger partial charge in [-0.25, -0.2) is 0 Å². The quantitative estimate of drug-likeness (QED) is 0.784. The van der Waals surface area contributed by atoms with E-state index in [0.717, 1.165) is 25.7 Å².